The predicted octanol–water partition coefficient (Wildman–Crippen LogP) is 3.52. The minimum atomic E-state index is -4.08. The van der Waals surface area contributed by atoms with Crippen molar-refractivity contribution in [2.24, 2.45) is 0 Å². The number of halogens is 3. The summed E-state index contributed by atoms with van der Waals surface area (Å²) in [5.74, 6) is -1.27. The normalized spacial score (nSPS) is 11.6. The molecule has 1 aromatic heterocycles. The van der Waals surface area contributed by atoms with E-state index in [-0.39, 0.29) is 12.0 Å². The van der Waals surface area contributed by atoms with Crippen molar-refractivity contribution in [1.82, 2.24) is 4.98 Å². The molecule has 0 bridgehead atoms. The van der Waals surface area contributed by atoms with Crippen molar-refractivity contribution in [1.29, 1.82) is 0 Å². The van der Waals surface area contributed by atoms with E-state index in [9.17, 15) is 22.8 Å². The maximum absolute atomic E-state index is 11.9. The highest BCUT2D eigenvalue weighted by Gasteiger charge is 2.25. The molecule has 7 heteroatoms. The maximum atomic E-state index is 11.9. The van der Waals surface area contributed by atoms with Crippen LogP contribution in [-0.4, -0.2) is 22.2 Å². The van der Waals surface area contributed by atoms with Crippen LogP contribution in [-0.2, 0) is 6.42 Å². The molecule has 0 amide bonds. The number of aromatic nitrogens is 1. The smallest absolute Gasteiger partial charge is 0.389 e. The molecule has 118 valence electrons. The first-order valence-corrected chi connectivity index (χ1v) is 6.81. The summed E-state index contributed by atoms with van der Waals surface area (Å²) in [4.78, 5) is 24.9. The van der Waals surface area contributed by atoms with E-state index in [0.717, 1.165) is 12.8 Å². The molecule has 0 unspecified atom stereocenters. The molecule has 21 heavy (non-hydrogen) atoms. The van der Waals surface area contributed by atoms with Crippen molar-refractivity contribution in [3.05, 3.63) is 33.7 Å². The van der Waals surface area contributed by atoms with E-state index < -0.39 is 24.0 Å². The van der Waals surface area contributed by atoms with Gasteiger partial charge in [0.15, 0.2) is 5.43 Å². The van der Waals surface area contributed by atoms with Crippen LogP contribution in [0.3, 0.4) is 0 Å². The third kappa shape index (κ3) is 6.97. The van der Waals surface area contributed by atoms with Crippen LogP contribution in [0.5, 0.6) is 0 Å². The molecule has 0 fully saturated rings. The van der Waals surface area contributed by atoms with Gasteiger partial charge in [0.1, 0.15) is 5.56 Å². The molecule has 0 aliphatic heterocycles. The Labute approximate surface area is 120 Å². The Bertz CT molecular complexity index is 523. The number of hydrogen-bond acceptors (Lipinski definition) is 2. The van der Waals surface area contributed by atoms with E-state index >= 15 is 0 Å². The van der Waals surface area contributed by atoms with Crippen LogP contribution >= 0.6 is 0 Å². The molecule has 2 N–H and O–H groups in total. The fourth-order valence-corrected chi connectivity index (χ4v) is 2.00. The van der Waals surface area contributed by atoms with Crippen molar-refractivity contribution in [2.75, 3.05) is 0 Å². The number of carboxylic acids is 1. The molecular weight excluding hydrogens is 287 g/mol. The molecule has 4 nitrogen and oxygen atoms in total. The fraction of sp³-hybridized carbons (Fsp3) is 0.571. The Morgan fingerprint density at radius 2 is 1.76 bits per heavy atom. The van der Waals surface area contributed by atoms with Gasteiger partial charge in [0.2, 0.25) is 0 Å². The number of rotatable bonds is 8. The molecule has 1 rings (SSSR count). The van der Waals surface area contributed by atoms with Gasteiger partial charge in [0.05, 0.1) is 0 Å². The van der Waals surface area contributed by atoms with E-state index in [1.807, 2.05) is 0 Å². The number of aromatic amines is 1. The fourth-order valence-electron chi connectivity index (χ4n) is 2.00. The summed E-state index contributed by atoms with van der Waals surface area (Å²) in [6, 6.07) is 1.26. The first-order chi connectivity index (χ1) is 9.79. The maximum Gasteiger partial charge on any atom is 0.389 e. The number of hydrogen-bond donors (Lipinski definition) is 2. The monoisotopic (exact) mass is 305 g/mol. The Balaban J connectivity index is 2.23. The molecule has 0 aliphatic rings. The minimum Gasteiger partial charge on any atom is -0.477 e. The standard InChI is InChI=1S/C14H18F3NO3/c15-14(16,17)7-5-3-1-2-4-6-10-8-12(19)11(9-18-10)13(20)21/h8-9H,1-7H2,(H,18,19)(H,20,21). The molecule has 0 saturated heterocycles. The molecule has 0 atom stereocenters. The summed E-state index contributed by atoms with van der Waals surface area (Å²) in [5, 5.41) is 8.71. The molecule has 1 heterocycles. The lowest BCUT2D eigenvalue weighted by Gasteiger charge is -2.06. The van der Waals surface area contributed by atoms with Crippen molar-refractivity contribution in [2.45, 2.75) is 51.1 Å². The van der Waals surface area contributed by atoms with Crippen molar-refractivity contribution in [3.8, 4) is 0 Å². The predicted molar refractivity (Wildman–Crippen MR) is 71.5 cm³/mol. The molecule has 0 aliphatic carbocycles. The van der Waals surface area contributed by atoms with Gasteiger partial charge < -0.3 is 10.1 Å². The van der Waals surface area contributed by atoms with Crippen molar-refractivity contribution >= 4 is 5.97 Å². The SMILES string of the molecule is O=C(O)c1c[nH]c(CCCCCCCC(F)(F)F)cc1=O. The summed E-state index contributed by atoms with van der Waals surface area (Å²) in [6.45, 7) is 0. The first-order valence-electron chi connectivity index (χ1n) is 6.81. The molecule has 0 aromatic carbocycles. The van der Waals surface area contributed by atoms with E-state index in [1.165, 1.54) is 12.3 Å². The molecule has 0 radical (unpaired) electrons. The Kier molecular flexibility index (Phi) is 6.45. The van der Waals surface area contributed by atoms with E-state index in [4.69, 9.17) is 5.11 Å². The summed E-state index contributed by atoms with van der Waals surface area (Å²) in [5.41, 5.74) is -0.201. The van der Waals surface area contributed by atoms with E-state index in [2.05, 4.69) is 4.98 Å². The molecule has 0 spiro atoms. The van der Waals surface area contributed by atoms with Crippen LogP contribution in [0.2, 0.25) is 0 Å². The van der Waals surface area contributed by atoms with Gasteiger partial charge in [-0.2, -0.15) is 13.2 Å². The van der Waals surface area contributed by atoms with E-state index in [0.29, 0.717) is 25.0 Å². The average Bonchev–Trinajstić information content (AvgIpc) is 2.36. The van der Waals surface area contributed by atoms with Crippen LogP contribution in [0.25, 0.3) is 0 Å². The number of alkyl halides is 3. The lowest BCUT2D eigenvalue weighted by atomic mass is 10.1. The zero-order valence-corrected chi connectivity index (χ0v) is 11.5. The van der Waals surface area contributed by atoms with Gasteiger partial charge >= 0.3 is 12.1 Å². The van der Waals surface area contributed by atoms with Crippen LogP contribution in [0, 0.1) is 0 Å². The largest absolute Gasteiger partial charge is 0.477 e. The number of nitrogens with one attached hydrogen (secondary N) is 1. The van der Waals surface area contributed by atoms with Crippen LogP contribution in [0.1, 0.15) is 54.6 Å². The van der Waals surface area contributed by atoms with Gasteiger partial charge in [-0.1, -0.05) is 19.3 Å². The van der Waals surface area contributed by atoms with Crippen LogP contribution < -0.4 is 5.43 Å². The second kappa shape index (κ2) is 7.85. The van der Waals surface area contributed by atoms with Crippen LogP contribution in [0.15, 0.2) is 17.1 Å². The highest BCUT2D eigenvalue weighted by Crippen LogP contribution is 2.23. The van der Waals surface area contributed by atoms with E-state index in [1.54, 1.807) is 0 Å². The summed E-state index contributed by atoms with van der Waals surface area (Å²) in [7, 11) is 0. The lowest BCUT2D eigenvalue weighted by Crippen LogP contribution is -2.15. The second-order valence-corrected chi connectivity index (χ2v) is 4.92. The highest BCUT2D eigenvalue weighted by atomic mass is 19.4. The Hall–Kier alpha value is -1.79. The van der Waals surface area contributed by atoms with Gasteiger partial charge in [-0.15, -0.1) is 0 Å². The van der Waals surface area contributed by atoms with Crippen molar-refractivity contribution in [3.63, 3.8) is 0 Å². The van der Waals surface area contributed by atoms with Gasteiger partial charge in [-0.3, -0.25) is 4.79 Å². The quantitative estimate of drug-likeness (QED) is 0.722. The lowest BCUT2D eigenvalue weighted by molar-refractivity contribution is -0.135. The zero-order valence-electron chi connectivity index (χ0n) is 11.5. The Morgan fingerprint density at radius 1 is 1.14 bits per heavy atom. The summed E-state index contributed by atoms with van der Waals surface area (Å²) in [6.07, 6.45) is -0.149. The molecule has 0 saturated carbocycles. The number of aromatic carboxylic acids is 1. The zero-order chi connectivity index (χ0) is 15.9. The minimum absolute atomic E-state index is 0.146. The number of unbranched alkanes of at least 4 members (excludes halogenated alkanes) is 4. The third-order valence-electron chi connectivity index (χ3n) is 3.11. The van der Waals surface area contributed by atoms with Crippen molar-refractivity contribution < 1.29 is 23.1 Å². The molecular formula is C14H18F3NO3. The number of carbonyl (C=O) groups is 1. The topological polar surface area (TPSA) is 70.2 Å². The average molecular weight is 305 g/mol. The van der Waals surface area contributed by atoms with Gasteiger partial charge in [-0.25, -0.2) is 4.79 Å². The Morgan fingerprint density at radius 3 is 2.33 bits per heavy atom. The second-order valence-electron chi connectivity index (χ2n) is 4.92. The highest BCUT2D eigenvalue weighted by molar-refractivity contribution is 5.86. The number of aryl methyl sites for hydroxylation is 1. The van der Waals surface area contributed by atoms with Gasteiger partial charge in [-0.05, 0) is 19.3 Å². The number of H-pyrrole nitrogens is 1. The first kappa shape index (κ1) is 17.3. The summed E-state index contributed by atoms with van der Waals surface area (Å²) >= 11 is 0. The third-order valence-corrected chi connectivity index (χ3v) is 3.11. The van der Waals surface area contributed by atoms with Gasteiger partial charge in [0, 0.05) is 24.4 Å². The van der Waals surface area contributed by atoms with Crippen LogP contribution in [0.4, 0.5) is 13.2 Å². The number of carboxylic acid groups (broad SMARTS) is 1. The molecule has 1 aromatic rings. The number of pyridine rings is 1. The summed E-state index contributed by atoms with van der Waals surface area (Å²) < 4.78 is 35.7. The van der Waals surface area contributed by atoms with Gasteiger partial charge in [0.25, 0.3) is 0 Å².